The minimum atomic E-state index is -1.63. The smallest absolute Gasteiger partial charge is 0.229 e. The molecule has 11 heteroatoms. The topological polar surface area (TPSA) is 175 Å². The number of fused-ring (bicyclic) bond motifs is 1. The molecule has 0 radical (unpaired) electrons. The first-order valence-corrected chi connectivity index (χ1v) is 10.6. The van der Waals surface area contributed by atoms with Gasteiger partial charge in [0.15, 0.2) is 17.3 Å². The number of phenolic OH excluding ortho intramolecular Hbond substituents is 2. The number of methoxy groups -OCH3 is 1. The molecule has 0 spiro atoms. The van der Waals surface area contributed by atoms with Crippen LogP contribution in [0.5, 0.6) is 28.7 Å². The lowest BCUT2D eigenvalue weighted by Crippen LogP contribution is -2.60. The van der Waals surface area contributed by atoms with Crippen molar-refractivity contribution < 1.29 is 54.4 Å². The zero-order valence-electron chi connectivity index (χ0n) is 18.4. The molecule has 4 rings (SSSR count). The largest absolute Gasteiger partial charge is 0.504 e. The van der Waals surface area contributed by atoms with Crippen LogP contribution in [-0.4, -0.2) is 80.8 Å². The van der Waals surface area contributed by atoms with E-state index >= 15 is 0 Å². The molecule has 0 saturated carbocycles. The van der Waals surface area contributed by atoms with Crippen LogP contribution in [0.15, 0.2) is 24.3 Å². The first-order chi connectivity index (χ1) is 16.2. The lowest BCUT2D eigenvalue weighted by molar-refractivity contribution is -0.277. The molecule has 0 bridgehead atoms. The van der Waals surface area contributed by atoms with Gasteiger partial charge in [0.1, 0.15) is 53.3 Å². The monoisotopic (exact) mass is 478 g/mol. The van der Waals surface area contributed by atoms with E-state index < -0.39 is 43.4 Å². The summed E-state index contributed by atoms with van der Waals surface area (Å²) in [6.45, 7) is 1.01. The van der Waals surface area contributed by atoms with Crippen LogP contribution in [0.4, 0.5) is 0 Å². The van der Waals surface area contributed by atoms with Gasteiger partial charge in [0.2, 0.25) is 6.29 Å². The second kappa shape index (κ2) is 9.28. The summed E-state index contributed by atoms with van der Waals surface area (Å²) in [5, 5.41) is 59.1. The molecule has 2 heterocycles. The molecule has 184 valence electrons. The zero-order valence-corrected chi connectivity index (χ0v) is 18.4. The number of benzene rings is 2. The van der Waals surface area contributed by atoms with Crippen LogP contribution in [0, 0.1) is 6.92 Å². The highest BCUT2D eigenvalue weighted by Crippen LogP contribution is 2.46. The maximum atomic E-state index is 13.0. The van der Waals surface area contributed by atoms with E-state index in [2.05, 4.69) is 0 Å². The summed E-state index contributed by atoms with van der Waals surface area (Å²) in [4.78, 5) is 13.0. The molecule has 11 nitrogen and oxygen atoms in total. The highest BCUT2D eigenvalue weighted by atomic mass is 16.7. The molecule has 1 fully saturated rings. The van der Waals surface area contributed by atoms with Crippen LogP contribution < -0.4 is 14.2 Å². The fourth-order valence-electron chi connectivity index (χ4n) is 4.13. The average molecular weight is 478 g/mol. The molecule has 6 atom stereocenters. The SMILES string of the molecule is COc1c(C)c(OC2OC(CO)C(O)C(O)C2O)cc2c1C(=O)CC(c1ccc(O)c(O)c1)O2. The van der Waals surface area contributed by atoms with Gasteiger partial charge in [-0.3, -0.25) is 4.79 Å². The van der Waals surface area contributed by atoms with E-state index in [4.69, 9.17) is 18.9 Å². The Morgan fingerprint density at radius 2 is 1.79 bits per heavy atom. The lowest BCUT2D eigenvalue weighted by Gasteiger charge is -2.40. The van der Waals surface area contributed by atoms with Crippen LogP contribution in [0.25, 0.3) is 0 Å². The van der Waals surface area contributed by atoms with Crippen molar-refractivity contribution >= 4 is 5.78 Å². The first kappa shape index (κ1) is 24.0. The van der Waals surface area contributed by atoms with Crippen molar-refractivity contribution in [3.05, 3.63) is 41.0 Å². The fourth-order valence-corrected chi connectivity index (χ4v) is 4.13. The molecule has 2 aromatic rings. The third-order valence-electron chi connectivity index (χ3n) is 6.03. The average Bonchev–Trinajstić information content (AvgIpc) is 2.81. The highest BCUT2D eigenvalue weighted by Gasteiger charge is 2.45. The van der Waals surface area contributed by atoms with Gasteiger partial charge >= 0.3 is 0 Å². The van der Waals surface area contributed by atoms with Crippen LogP contribution in [0.3, 0.4) is 0 Å². The van der Waals surface area contributed by atoms with Gasteiger partial charge < -0.3 is 49.6 Å². The molecule has 6 unspecified atom stereocenters. The van der Waals surface area contributed by atoms with E-state index in [0.717, 1.165) is 0 Å². The molecular weight excluding hydrogens is 452 g/mol. The minimum absolute atomic E-state index is 0.0417. The maximum Gasteiger partial charge on any atom is 0.229 e. The van der Waals surface area contributed by atoms with E-state index in [1.54, 1.807) is 6.92 Å². The van der Waals surface area contributed by atoms with Crippen molar-refractivity contribution in [2.45, 2.75) is 50.2 Å². The van der Waals surface area contributed by atoms with Gasteiger partial charge in [-0.1, -0.05) is 6.07 Å². The Labute approximate surface area is 194 Å². The number of Topliss-reactive ketones (excluding diaryl/α,β-unsaturated/α-hetero) is 1. The number of carbonyl (C=O) groups is 1. The molecule has 6 N–H and O–H groups in total. The number of hydrogen-bond acceptors (Lipinski definition) is 11. The Hall–Kier alpha value is -3.09. The summed E-state index contributed by atoms with van der Waals surface area (Å²) < 4.78 is 22.6. The second-order valence-corrected chi connectivity index (χ2v) is 8.20. The van der Waals surface area contributed by atoms with Gasteiger partial charge in [-0.25, -0.2) is 0 Å². The van der Waals surface area contributed by atoms with Crippen molar-refractivity contribution in [1.29, 1.82) is 0 Å². The van der Waals surface area contributed by atoms with Gasteiger partial charge in [-0.05, 0) is 24.6 Å². The molecule has 0 amide bonds. The number of ketones is 1. The Morgan fingerprint density at radius 1 is 1.06 bits per heavy atom. The Kier molecular flexibility index (Phi) is 6.56. The molecule has 34 heavy (non-hydrogen) atoms. The van der Waals surface area contributed by atoms with Crippen LogP contribution in [0.2, 0.25) is 0 Å². The highest BCUT2D eigenvalue weighted by molar-refractivity contribution is 6.03. The third-order valence-corrected chi connectivity index (χ3v) is 6.03. The van der Waals surface area contributed by atoms with E-state index in [9.17, 15) is 35.4 Å². The van der Waals surface area contributed by atoms with Gasteiger partial charge in [-0.2, -0.15) is 0 Å². The molecule has 0 aromatic heterocycles. The summed E-state index contributed by atoms with van der Waals surface area (Å²) >= 11 is 0. The van der Waals surface area contributed by atoms with Gasteiger partial charge in [0, 0.05) is 11.6 Å². The Balaban J connectivity index is 1.69. The number of aromatic hydroxyl groups is 2. The molecular formula is C23H26O11. The number of rotatable bonds is 5. The summed E-state index contributed by atoms with van der Waals surface area (Å²) in [5.41, 5.74) is 1.06. The number of phenols is 2. The standard InChI is InChI=1S/C23H26O11/c1-9-14(33-23-21(30)20(29)19(28)17(8-24)34-23)7-16-18(22(9)31-2)13(27)6-15(32-16)10-3-4-11(25)12(26)5-10/h3-5,7,15,17,19-21,23-26,28-30H,6,8H2,1-2H3. The number of hydrogen-bond donors (Lipinski definition) is 6. The lowest BCUT2D eigenvalue weighted by atomic mass is 9.93. The minimum Gasteiger partial charge on any atom is -0.504 e. The van der Waals surface area contributed by atoms with E-state index in [1.807, 2.05) is 0 Å². The molecule has 2 aromatic carbocycles. The Morgan fingerprint density at radius 3 is 2.44 bits per heavy atom. The first-order valence-electron chi connectivity index (χ1n) is 10.6. The second-order valence-electron chi connectivity index (χ2n) is 8.20. The normalized spacial score (nSPS) is 28.7. The summed E-state index contributed by atoms with van der Waals surface area (Å²) in [6, 6.07) is 5.53. The van der Waals surface area contributed by atoms with Crippen molar-refractivity contribution in [2.75, 3.05) is 13.7 Å². The quantitative estimate of drug-likeness (QED) is 0.326. The van der Waals surface area contributed by atoms with E-state index in [0.29, 0.717) is 11.1 Å². The summed E-state index contributed by atoms with van der Waals surface area (Å²) in [7, 11) is 1.37. The number of carbonyl (C=O) groups excluding carboxylic acids is 1. The summed E-state index contributed by atoms with van der Waals surface area (Å²) in [5.74, 6) is -0.517. The van der Waals surface area contributed by atoms with Crippen LogP contribution in [0.1, 0.15) is 34.0 Å². The zero-order chi connectivity index (χ0) is 24.7. The van der Waals surface area contributed by atoms with Crippen LogP contribution >= 0.6 is 0 Å². The van der Waals surface area contributed by atoms with Crippen molar-refractivity contribution in [1.82, 2.24) is 0 Å². The third kappa shape index (κ3) is 4.12. The van der Waals surface area contributed by atoms with Gasteiger partial charge in [-0.15, -0.1) is 0 Å². The van der Waals surface area contributed by atoms with Crippen molar-refractivity contribution in [2.24, 2.45) is 0 Å². The molecule has 2 aliphatic rings. The fraction of sp³-hybridized carbons (Fsp3) is 0.435. The molecule has 0 aliphatic carbocycles. The van der Waals surface area contributed by atoms with Crippen molar-refractivity contribution in [3.63, 3.8) is 0 Å². The predicted octanol–water partition coefficient (Wildman–Crippen LogP) is 0.300. The number of aliphatic hydroxyl groups excluding tert-OH is 4. The maximum absolute atomic E-state index is 13.0. The van der Waals surface area contributed by atoms with E-state index in [1.165, 1.54) is 31.4 Å². The molecule has 1 saturated heterocycles. The van der Waals surface area contributed by atoms with Crippen LogP contribution in [-0.2, 0) is 4.74 Å². The number of aliphatic hydroxyl groups is 4. The van der Waals surface area contributed by atoms with E-state index in [-0.39, 0.29) is 46.5 Å². The van der Waals surface area contributed by atoms with Gasteiger partial charge in [0.25, 0.3) is 0 Å². The Bertz CT molecular complexity index is 1080. The number of ether oxygens (including phenoxy) is 4. The predicted molar refractivity (Wildman–Crippen MR) is 114 cm³/mol. The molecule has 2 aliphatic heterocycles. The summed E-state index contributed by atoms with van der Waals surface area (Å²) in [6.07, 6.45) is -8.20. The van der Waals surface area contributed by atoms with Crippen molar-refractivity contribution in [3.8, 4) is 28.7 Å². The van der Waals surface area contributed by atoms with Gasteiger partial charge in [0.05, 0.1) is 20.1 Å².